The van der Waals surface area contributed by atoms with Crippen LogP contribution in [0.4, 0.5) is 5.95 Å². The zero-order valence-corrected chi connectivity index (χ0v) is 14.3. The topological polar surface area (TPSA) is 110 Å². The van der Waals surface area contributed by atoms with Crippen molar-refractivity contribution in [1.82, 2.24) is 9.97 Å². The van der Waals surface area contributed by atoms with Crippen LogP contribution in [0.15, 0.2) is 30.5 Å². The Balaban J connectivity index is 1.54. The van der Waals surface area contributed by atoms with E-state index in [0.29, 0.717) is 23.2 Å². The number of carbonyl (C=O) groups excluding carboxylic acids is 3. The lowest BCUT2D eigenvalue weighted by Gasteiger charge is -2.28. The zero-order chi connectivity index (χ0) is 18.9. The molecule has 136 valence electrons. The van der Waals surface area contributed by atoms with Crippen LogP contribution in [0.25, 0.3) is 0 Å². The molecule has 4 atom stereocenters. The first-order valence-electron chi connectivity index (χ1n) is 8.67. The number of nitrogens with zero attached hydrogens (tertiary/aromatic N) is 3. The average molecular weight is 365 g/mol. The third kappa shape index (κ3) is 2.10. The van der Waals surface area contributed by atoms with Crippen molar-refractivity contribution in [3.8, 4) is 0 Å². The lowest BCUT2D eigenvalue weighted by Crippen LogP contribution is -2.37. The van der Waals surface area contributed by atoms with Crippen LogP contribution in [0.2, 0.25) is 0 Å². The van der Waals surface area contributed by atoms with Crippen molar-refractivity contribution in [1.29, 1.82) is 0 Å². The number of aliphatic hydroxyl groups excluding tert-OH is 1. The highest BCUT2D eigenvalue weighted by Crippen LogP contribution is 2.53. The minimum atomic E-state index is -0.805. The summed E-state index contributed by atoms with van der Waals surface area (Å²) in [6.07, 6.45) is 0.665. The molecule has 0 unspecified atom stereocenters. The summed E-state index contributed by atoms with van der Waals surface area (Å²) in [5.41, 5.74) is 2.04. The highest BCUT2D eigenvalue weighted by molar-refractivity contribution is 6.33. The van der Waals surface area contributed by atoms with E-state index in [2.05, 4.69) is 9.97 Å². The van der Waals surface area contributed by atoms with E-state index in [0.717, 1.165) is 10.5 Å². The Kier molecular flexibility index (Phi) is 3.23. The number of hydrogen-bond acceptors (Lipinski definition) is 7. The van der Waals surface area contributed by atoms with Gasteiger partial charge in [0.2, 0.25) is 5.95 Å². The molecule has 2 aliphatic carbocycles. The summed E-state index contributed by atoms with van der Waals surface area (Å²) in [5.74, 6) is -1.89. The van der Waals surface area contributed by atoms with Gasteiger partial charge in [-0.25, -0.2) is 14.9 Å². The molecule has 1 aromatic heterocycles. The number of imide groups is 1. The van der Waals surface area contributed by atoms with E-state index in [1.807, 2.05) is 0 Å². The van der Waals surface area contributed by atoms with Gasteiger partial charge in [0.25, 0.3) is 11.8 Å². The molecule has 5 rings (SSSR count). The van der Waals surface area contributed by atoms with Gasteiger partial charge < -0.3 is 9.84 Å². The maximum absolute atomic E-state index is 12.6. The minimum absolute atomic E-state index is 0.00330. The van der Waals surface area contributed by atoms with Crippen molar-refractivity contribution in [3.63, 3.8) is 0 Å². The monoisotopic (exact) mass is 365 g/mol. The van der Waals surface area contributed by atoms with Gasteiger partial charge in [0.15, 0.2) is 0 Å². The smallest absolute Gasteiger partial charge is 0.303 e. The van der Waals surface area contributed by atoms with Crippen molar-refractivity contribution in [2.75, 3.05) is 4.90 Å². The van der Waals surface area contributed by atoms with Gasteiger partial charge >= 0.3 is 5.97 Å². The van der Waals surface area contributed by atoms with Crippen LogP contribution in [0.5, 0.6) is 0 Å². The summed E-state index contributed by atoms with van der Waals surface area (Å²) in [4.78, 5) is 46.3. The number of ether oxygens (including phenoxy) is 1. The Morgan fingerprint density at radius 1 is 1.19 bits per heavy atom. The number of aliphatic hydroxyl groups is 1. The van der Waals surface area contributed by atoms with Gasteiger partial charge in [-0.2, -0.15) is 0 Å². The first kappa shape index (κ1) is 16.1. The molecule has 2 amide bonds. The number of benzene rings is 1. The molecule has 0 radical (unpaired) electrons. The second-order valence-corrected chi connectivity index (χ2v) is 7.02. The van der Waals surface area contributed by atoms with E-state index in [1.54, 1.807) is 30.5 Å². The van der Waals surface area contributed by atoms with Crippen LogP contribution in [0.1, 0.15) is 57.2 Å². The van der Waals surface area contributed by atoms with Crippen LogP contribution in [-0.2, 0) is 9.53 Å². The number of hydrogen-bond donors (Lipinski definition) is 1. The molecule has 27 heavy (non-hydrogen) atoms. The molecule has 3 aliphatic rings. The second kappa shape index (κ2) is 5.43. The molecular weight excluding hydrogens is 350 g/mol. The predicted molar refractivity (Wildman–Crippen MR) is 91.3 cm³/mol. The van der Waals surface area contributed by atoms with E-state index in [4.69, 9.17) is 4.74 Å². The van der Waals surface area contributed by atoms with E-state index >= 15 is 0 Å². The summed E-state index contributed by atoms with van der Waals surface area (Å²) < 4.78 is 5.28. The Bertz CT molecular complexity index is 985. The quantitative estimate of drug-likeness (QED) is 0.628. The summed E-state index contributed by atoms with van der Waals surface area (Å²) in [6, 6.07) is 6.58. The van der Waals surface area contributed by atoms with Crippen LogP contribution in [-0.4, -0.2) is 45.1 Å². The van der Waals surface area contributed by atoms with Gasteiger partial charge in [0, 0.05) is 25.0 Å². The molecule has 1 fully saturated rings. The minimum Gasteiger partial charge on any atom is -0.459 e. The summed E-state index contributed by atoms with van der Waals surface area (Å²) in [7, 11) is 0. The first-order chi connectivity index (χ1) is 13.0. The molecule has 0 saturated heterocycles. The normalized spacial score (nSPS) is 27.7. The van der Waals surface area contributed by atoms with E-state index in [9.17, 15) is 19.5 Å². The Morgan fingerprint density at radius 3 is 2.48 bits per heavy atom. The molecule has 1 N–H and O–H groups in total. The molecule has 1 saturated carbocycles. The molecular formula is C19H15N3O5. The largest absolute Gasteiger partial charge is 0.459 e. The molecule has 0 spiro atoms. The Hall–Kier alpha value is -3.13. The van der Waals surface area contributed by atoms with Crippen molar-refractivity contribution >= 4 is 23.7 Å². The van der Waals surface area contributed by atoms with Crippen molar-refractivity contribution in [2.45, 2.75) is 37.4 Å². The molecule has 8 nitrogen and oxygen atoms in total. The fourth-order valence-corrected chi connectivity index (χ4v) is 4.39. The van der Waals surface area contributed by atoms with Crippen molar-refractivity contribution in [2.24, 2.45) is 0 Å². The lowest BCUT2D eigenvalue weighted by molar-refractivity contribution is -0.152. The summed E-state index contributed by atoms with van der Waals surface area (Å²) in [6.45, 7) is 1.30. The summed E-state index contributed by atoms with van der Waals surface area (Å²) >= 11 is 0. The lowest BCUT2D eigenvalue weighted by atomic mass is 9.92. The molecule has 1 aromatic carbocycles. The SMILES string of the molecule is CC(=O)O[C@@H]1[C@H](O)[C@@H]2C[C@H]1c1nc(N3C(=O)c4ccccc4C3=O)ncc12. The average Bonchev–Trinajstić information content (AvgIpc) is 3.25. The number of anilines is 1. The predicted octanol–water partition coefficient (Wildman–Crippen LogP) is 1.15. The third-order valence-corrected chi connectivity index (χ3v) is 5.54. The van der Waals surface area contributed by atoms with Gasteiger partial charge in [0.1, 0.15) is 6.10 Å². The van der Waals surface area contributed by atoms with Crippen LogP contribution in [0, 0.1) is 0 Å². The van der Waals surface area contributed by atoms with Crippen LogP contribution >= 0.6 is 0 Å². The number of amides is 2. The van der Waals surface area contributed by atoms with E-state index in [1.165, 1.54) is 6.92 Å². The van der Waals surface area contributed by atoms with Gasteiger partial charge in [-0.05, 0) is 24.1 Å². The highest BCUT2D eigenvalue weighted by Gasteiger charge is 2.54. The number of aromatic nitrogens is 2. The third-order valence-electron chi connectivity index (χ3n) is 5.54. The van der Waals surface area contributed by atoms with Crippen LogP contribution < -0.4 is 4.90 Å². The fourth-order valence-electron chi connectivity index (χ4n) is 4.39. The standard InChI is InChI=1S/C19H15N3O5/c1-8(23)27-16-12-6-11(15(16)24)13-7-20-19(21-14(12)13)22-17(25)9-4-2-3-5-10(9)18(22)26/h2-5,7,11-12,15-16,24H,6H2,1H3/t11-,12+,15-,16+/m1/s1. The molecule has 1 aliphatic heterocycles. The number of esters is 1. The van der Waals surface area contributed by atoms with Gasteiger partial charge in [0.05, 0.1) is 22.9 Å². The maximum atomic E-state index is 12.6. The first-order valence-corrected chi connectivity index (χ1v) is 8.67. The Morgan fingerprint density at radius 2 is 1.85 bits per heavy atom. The Labute approximate surface area is 153 Å². The fraction of sp³-hybridized carbons (Fsp3) is 0.316. The molecule has 2 aromatic rings. The number of fused-ring (bicyclic) bond motifs is 6. The van der Waals surface area contributed by atoms with E-state index < -0.39 is 30.0 Å². The van der Waals surface area contributed by atoms with Gasteiger partial charge in [-0.1, -0.05) is 12.1 Å². The summed E-state index contributed by atoms with van der Waals surface area (Å²) in [5, 5.41) is 10.4. The van der Waals surface area contributed by atoms with Crippen LogP contribution in [0.3, 0.4) is 0 Å². The number of carbonyl (C=O) groups is 3. The second-order valence-electron chi connectivity index (χ2n) is 7.02. The highest BCUT2D eigenvalue weighted by atomic mass is 16.6. The zero-order valence-electron chi connectivity index (χ0n) is 14.3. The van der Waals surface area contributed by atoms with Crippen molar-refractivity contribution in [3.05, 3.63) is 52.8 Å². The van der Waals surface area contributed by atoms with Crippen molar-refractivity contribution < 1.29 is 24.2 Å². The van der Waals surface area contributed by atoms with E-state index in [-0.39, 0.29) is 17.8 Å². The van der Waals surface area contributed by atoms with Gasteiger partial charge in [-0.3, -0.25) is 14.4 Å². The maximum Gasteiger partial charge on any atom is 0.303 e. The molecule has 8 heteroatoms. The van der Waals surface area contributed by atoms with Gasteiger partial charge in [-0.15, -0.1) is 0 Å². The number of rotatable bonds is 2. The molecule has 2 bridgehead atoms. The molecule has 2 heterocycles.